The molecule has 0 saturated carbocycles. The zero-order valence-corrected chi connectivity index (χ0v) is 17.0. The molecule has 0 bridgehead atoms. The minimum absolute atomic E-state index is 0.286. The maximum absolute atomic E-state index is 9.77. The van der Waals surface area contributed by atoms with E-state index in [9.17, 15) is 5.11 Å². The summed E-state index contributed by atoms with van der Waals surface area (Å²) in [6.07, 6.45) is 2.19. The fourth-order valence-corrected chi connectivity index (χ4v) is 4.55. The van der Waals surface area contributed by atoms with Crippen LogP contribution in [-0.4, -0.2) is 59.8 Å². The van der Waals surface area contributed by atoms with Crippen molar-refractivity contribution in [3.05, 3.63) is 71.9 Å². The second-order valence-electron chi connectivity index (χ2n) is 8.48. The van der Waals surface area contributed by atoms with E-state index in [-0.39, 0.29) is 6.61 Å². The predicted octanol–water partition coefficient (Wildman–Crippen LogP) is 3.29. The topological polar surface area (TPSA) is 31.6 Å². The van der Waals surface area contributed by atoms with Gasteiger partial charge in [0.1, 0.15) is 0 Å². The number of likely N-dealkylation sites (tertiary alicyclic amines) is 1. The lowest BCUT2D eigenvalue weighted by Crippen LogP contribution is -2.28. The van der Waals surface area contributed by atoms with E-state index in [0.29, 0.717) is 11.8 Å². The maximum atomic E-state index is 9.77. The lowest BCUT2D eigenvalue weighted by Gasteiger charge is -2.20. The number of fused-ring (bicyclic) bond motifs is 1. The van der Waals surface area contributed by atoms with Gasteiger partial charge in [-0.05, 0) is 54.6 Å². The third-order valence-electron chi connectivity index (χ3n) is 5.93. The van der Waals surface area contributed by atoms with Crippen LogP contribution in [0.25, 0.3) is 10.9 Å². The van der Waals surface area contributed by atoms with Gasteiger partial charge in [0, 0.05) is 51.0 Å². The molecule has 148 valence electrons. The summed E-state index contributed by atoms with van der Waals surface area (Å²) >= 11 is 0. The van der Waals surface area contributed by atoms with Crippen molar-refractivity contribution in [1.29, 1.82) is 0 Å². The van der Waals surface area contributed by atoms with Crippen LogP contribution in [0.4, 0.5) is 0 Å². The van der Waals surface area contributed by atoms with Gasteiger partial charge >= 0.3 is 0 Å². The monoisotopic (exact) mass is 377 g/mol. The highest BCUT2D eigenvalue weighted by Crippen LogP contribution is 2.26. The minimum atomic E-state index is 0.286. The molecule has 28 heavy (non-hydrogen) atoms. The third kappa shape index (κ3) is 4.30. The molecule has 0 unspecified atom stereocenters. The van der Waals surface area contributed by atoms with Crippen molar-refractivity contribution in [1.82, 2.24) is 14.4 Å². The van der Waals surface area contributed by atoms with Gasteiger partial charge in [-0.15, -0.1) is 0 Å². The quantitative estimate of drug-likeness (QED) is 0.686. The minimum Gasteiger partial charge on any atom is -0.396 e. The number of nitrogens with zero attached hydrogens (tertiary/aromatic N) is 3. The fourth-order valence-electron chi connectivity index (χ4n) is 4.55. The molecule has 1 saturated heterocycles. The van der Waals surface area contributed by atoms with Crippen molar-refractivity contribution in [3.63, 3.8) is 0 Å². The average molecular weight is 378 g/mol. The van der Waals surface area contributed by atoms with Crippen LogP contribution < -0.4 is 0 Å². The van der Waals surface area contributed by atoms with Crippen LogP contribution >= 0.6 is 0 Å². The van der Waals surface area contributed by atoms with E-state index in [2.05, 4.69) is 89.3 Å². The predicted molar refractivity (Wildman–Crippen MR) is 115 cm³/mol. The molecule has 4 rings (SSSR count). The normalized spacial score (nSPS) is 20.4. The molecule has 4 nitrogen and oxygen atoms in total. The van der Waals surface area contributed by atoms with Crippen molar-refractivity contribution in [2.45, 2.75) is 13.1 Å². The number of aromatic nitrogens is 1. The zero-order chi connectivity index (χ0) is 19.5. The number of hydrogen-bond acceptors (Lipinski definition) is 3. The summed E-state index contributed by atoms with van der Waals surface area (Å²) in [5, 5.41) is 11.1. The molecule has 1 aliphatic rings. The van der Waals surface area contributed by atoms with Gasteiger partial charge in [-0.3, -0.25) is 4.90 Å². The molecule has 1 aromatic heterocycles. The lowest BCUT2D eigenvalue weighted by molar-refractivity contribution is 0.183. The molecule has 4 heteroatoms. The van der Waals surface area contributed by atoms with Gasteiger partial charge in [-0.25, -0.2) is 0 Å². The van der Waals surface area contributed by atoms with Crippen LogP contribution in [0.1, 0.15) is 11.1 Å². The van der Waals surface area contributed by atoms with E-state index in [1.165, 1.54) is 22.0 Å². The first-order chi connectivity index (χ1) is 13.6. The number of rotatable bonds is 7. The largest absolute Gasteiger partial charge is 0.396 e. The van der Waals surface area contributed by atoms with E-state index in [0.717, 1.165) is 32.7 Å². The Bertz CT molecular complexity index is 903. The van der Waals surface area contributed by atoms with Crippen LogP contribution in [0.5, 0.6) is 0 Å². The van der Waals surface area contributed by atoms with Crippen LogP contribution in [0.2, 0.25) is 0 Å². The van der Waals surface area contributed by atoms with Gasteiger partial charge in [-0.2, -0.15) is 0 Å². The average Bonchev–Trinajstić information content (AvgIpc) is 3.26. The maximum Gasteiger partial charge on any atom is 0.0486 e. The molecule has 1 aliphatic heterocycles. The first-order valence-electron chi connectivity index (χ1n) is 10.2. The van der Waals surface area contributed by atoms with Crippen LogP contribution in [0.15, 0.2) is 60.8 Å². The molecular formula is C24H31N3O. The Morgan fingerprint density at radius 2 is 1.71 bits per heavy atom. The third-order valence-corrected chi connectivity index (χ3v) is 5.93. The zero-order valence-electron chi connectivity index (χ0n) is 17.0. The second kappa shape index (κ2) is 8.48. The summed E-state index contributed by atoms with van der Waals surface area (Å²) in [5.74, 6) is 0.929. The van der Waals surface area contributed by atoms with Gasteiger partial charge in [0.2, 0.25) is 0 Å². The van der Waals surface area contributed by atoms with Crippen molar-refractivity contribution in [2.75, 3.05) is 40.3 Å². The standard InChI is InChI=1S/C24H31N3O/c1-25(2)15-22-16-26(17-23(22)18-28)13-20-8-9-21-10-11-27(24(21)12-20)14-19-6-4-3-5-7-19/h3-12,22-23,28H,13-18H2,1-2H3/t22-,23-/m1/s1. The molecule has 3 aromatic rings. The number of aliphatic hydroxyl groups is 1. The molecule has 0 aliphatic carbocycles. The molecule has 0 radical (unpaired) electrons. The highest BCUT2D eigenvalue weighted by molar-refractivity contribution is 5.81. The molecule has 0 amide bonds. The van der Waals surface area contributed by atoms with E-state index < -0.39 is 0 Å². The Kier molecular flexibility index (Phi) is 5.81. The first-order valence-corrected chi connectivity index (χ1v) is 10.2. The number of benzene rings is 2. The highest BCUT2D eigenvalue weighted by atomic mass is 16.3. The van der Waals surface area contributed by atoms with Crippen LogP contribution in [0, 0.1) is 11.8 Å². The Labute approximate surface area is 168 Å². The van der Waals surface area contributed by atoms with Crippen LogP contribution in [-0.2, 0) is 13.1 Å². The van der Waals surface area contributed by atoms with Crippen molar-refractivity contribution < 1.29 is 5.11 Å². The van der Waals surface area contributed by atoms with Gasteiger partial charge in [0.15, 0.2) is 0 Å². The molecular weight excluding hydrogens is 346 g/mol. The molecule has 2 aromatic carbocycles. The Morgan fingerprint density at radius 3 is 2.46 bits per heavy atom. The number of hydrogen-bond donors (Lipinski definition) is 1. The smallest absolute Gasteiger partial charge is 0.0486 e. The summed E-state index contributed by atoms with van der Waals surface area (Å²) in [7, 11) is 4.23. The fraction of sp³-hybridized carbons (Fsp3) is 0.417. The summed E-state index contributed by atoms with van der Waals surface area (Å²) in [4.78, 5) is 4.74. The van der Waals surface area contributed by atoms with Gasteiger partial charge in [0.25, 0.3) is 0 Å². The summed E-state index contributed by atoms with van der Waals surface area (Å²) in [5.41, 5.74) is 3.97. The van der Waals surface area contributed by atoms with E-state index >= 15 is 0 Å². The SMILES string of the molecule is CN(C)C[C@@H]1CN(Cc2ccc3ccn(Cc4ccccc4)c3c2)C[C@@H]1CO. The van der Waals surface area contributed by atoms with E-state index in [1.807, 2.05) is 0 Å². The van der Waals surface area contributed by atoms with Crippen molar-refractivity contribution in [2.24, 2.45) is 11.8 Å². The molecule has 2 atom stereocenters. The highest BCUT2D eigenvalue weighted by Gasteiger charge is 2.32. The van der Waals surface area contributed by atoms with Gasteiger partial charge in [-0.1, -0.05) is 42.5 Å². The van der Waals surface area contributed by atoms with E-state index in [4.69, 9.17) is 0 Å². The molecule has 1 fully saturated rings. The van der Waals surface area contributed by atoms with E-state index in [1.54, 1.807) is 0 Å². The Morgan fingerprint density at radius 1 is 0.929 bits per heavy atom. The van der Waals surface area contributed by atoms with Gasteiger partial charge < -0.3 is 14.6 Å². The van der Waals surface area contributed by atoms with Crippen molar-refractivity contribution in [3.8, 4) is 0 Å². The molecule has 2 heterocycles. The van der Waals surface area contributed by atoms with Crippen LogP contribution in [0.3, 0.4) is 0 Å². The molecule has 0 spiro atoms. The lowest BCUT2D eigenvalue weighted by atomic mass is 9.97. The summed E-state index contributed by atoms with van der Waals surface area (Å²) in [6.45, 7) is 5.22. The van der Waals surface area contributed by atoms with Crippen molar-refractivity contribution >= 4 is 10.9 Å². The Hall–Kier alpha value is -2.14. The summed E-state index contributed by atoms with van der Waals surface area (Å²) < 4.78 is 2.34. The Balaban J connectivity index is 1.49. The summed E-state index contributed by atoms with van der Waals surface area (Å²) in [6, 6.07) is 19.7. The van der Waals surface area contributed by atoms with Gasteiger partial charge in [0.05, 0.1) is 0 Å². The number of aliphatic hydroxyl groups excluding tert-OH is 1. The molecule has 1 N–H and O–H groups in total. The second-order valence-corrected chi connectivity index (χ2v) is 8.48. The first kappa shape index (κ1) is 19.2.